The summed E-state index contributed by atoms with van der Waals surface area (Å²) in [5.74, 6) is -0.928. The van der Waals surface area contributed by atoms with Gasteiger partial charge in [0.05, 0.1) is 12.7 Å². The fraction of sp³-hybridized carbons (Fsp3) is 0.636. The third-order valence-electron chi connectivity index (χ3n) is 3.79. The first-order chi connectivity index (χ1) is 13.6. The zero-order chi connectivity index (χ0) is 22.9. The number of rotatable bonds is 9. The molecule has 2 unspecified atom stereocenters. The van der Waals surface area contributed by atoms with Crippen molar-refractivity contribution in [2.24, 2.45) is 5.92 Å². The highest BCUT2D eigenvalue weighted by Crippen LogP contribution is 2.66. The molecule has 0 saturated carbocycles. The van der Waals surface area contributed by atoms with E-state index in [4.69, 9.17) is 19.4 Å². The van der Waals surface area contributed by atoms with Crippen LogP contribution in [0.25, 0.3) is 0 Å². The molecule has 1 aliphatic heterocycles. The summed E-state index contributed by atoms with van der Waals surface area (Å²) in [5.41, 5.74) is -1.57. The largest absolute Gasteiger partial charge is 0.490 e. The van der Waals surface area contributed by atoms with Gasteiger partial charge in [-0.3, -0.25) is 18.9 Å². The van der Waals surface area contributed by atoms with Crippen LogP contribution in [0.2, 0.25) is 0 Å². The Hall–Kier alpha value is -1.02. The SMILES string of the molecule is C[C@@H](F)[C@H]1C[C@@H](COP(=O)(O)OP(=O)(O)OP(=O)(O)O)O[C@H]1n1ccc(=O)[nH]c1=O. The molecule has 5 N–H and O–H groups in total. The van der Waals surface area contributed by atoms with Crippen LogP contribution in [0, 0.1) is 5.92 Å². The second kappa shape index (κ2) is 9.23. The van der Waals surface area contributed by atoms with Crippen molar-refractivity contribution in [3.8, 4) is 0 Å². The third-order valence-corrected chi connectivity index (χ3v) is 7.59. The minimum Gasteiger partial charge on any atom is -0.352 e. The Morgan fingerprint density at radius 1 is 1.23 bits per heavy atom. The van der Waals surface area contributed by atoms with E-state index in [-0.39, 0.29) is 6.42 Å². The molecule has 1 saturated heterocycles. The van der Waals surface area contributed by atoms with Gasteiger partial charge in [-0.25, -0.2) is 22.9 Å². The number of alkyl halides is 1. The van der Waals surface area contributed by atoms with Gasteiger partial charge in [0.15, 0.2) is 0 Å². The normalized spacial score (nSPS) is 27.3. The van der Waals surface area contributed by atoms with Crippen LogP contribution in [0.4, 0.5) is 4.39 Å². The van der Waals surface area contributed by atoms with Gasteiger partial charge < -0.3 is 24.3 Å². The molecule has 6 atom stereocenters. The monoisotopic (exact) mass is 498 g/mol. The van der Waals surface area contributed by atoms with Gasteiger partial charge in [0, 0.05) is 18.2 Å². The molecule has 2 heterocycles. The lowest BCUT2D eigenvalue weighted by Crippen LogP contribution is -2.35. The highest BCUT2D eigenvalue weighted by molar-refractivity contribution is 7.66. The zero-order valence-electron chi connectivity index (χ0n) is 15.0. The van der Waals surface area contributed by atoms with Crippen molar-refractivity contribution in [2.45, 2.75) is 31.8 Å². The van der Waals surface area contributed by atoms with Crippen molar-refractivity contribution >= 4 is 23.5 Å². The van der Waals surface area contributed by atoms with Gasteiger partial charge in [-0.05, 0) is 13.3 Å². The van der Waals surface area contributed by atoms with Gasteiger partial charge >= 0.3 is 29.2 Å². The van der Waals surface area contributed by atoms with Crippen molar-refractivity contribution in [3.63, 3.8) is 0 Å². The molecule has 0 amide bonds. The van der Waals surface area contributed by atoms with E-state index < -0.39 is 65.7 Å². The van der Waals surface area contributed by atoms with Crippen molar-refractivity contribution in [1.82, 2.24) is 9.55 Å². The lowest BCUT2D eigenvalue weighted by molar-refractivity contribution is -0.0424. The van der Waals surface area contributed by atoms with Crippen LogP contribution in [0.15, 0.2) is 21.9 Å². The van der Waals surface area contributed by atoms with Crippen molar-refractivity contribution in [3.05, 3.63) is 33.1 Å². The molecule has 15 nitrogen and oxygen atoms in total. The van der Waals surface area contributed by atoms with Crippen LogP contribution < -0.4 is 11.2 Å². The molecule has 19 heteroatoms. The van der Waals surface area contributed by atoms with Crippen LogP contribution >= 0.6 is 23.5 Å². The van der Waals surface area contributed by atoms with E-state index in [2.05, 4.69) is 13.1 Å². The van der Waals surface area contributed by atoms with E-state index in [9.17, 15) is 32.6 Å². The molecule has 1 aromatic rings. The van der Waals surface area contributed by atoms with Gasteiger partial charge in [0.2, 0.25) is 0 Å². The molecule has 0 spiro atoms. The summed E-state index contributed by atoms with van der Waals surface area (Å²) in [4.78, 5) is 60.6. The maximum atomic E-state index is 14.0. The summed E-state index contributed by atoms with van der Waals surface area (Å²) in [7, 11) is -16.6. The number of H-pyrrole nitrogens is 1. The number of phosphoric acid groups is 3. The third kappa shape index (κ3) is 7.29. The van der Waals surface area contributed by atoms with Crippen molar-refractivity contribution in [2.75, 3.05) is 6.61 Å². The molecular formula is C11H18FN2O13P3. The first-order valence-electron chi connectivity index (χ1n) is 7.98. The van der Waals surface area contributed by atoms with E-state index in [1.165, 1.54) is 6.92 Å². The molecule has 1 fully saturated rings. The van der Waals surface area contributed by atoms with Crippen LogP contribution in [0.3, 0.4) is 0 Å². The van der Waals surface area contributed by atoms with Crippen LogP contribution in [-0.2, 0) is 31.6 Å². The number of hydrogen-bond acceptors (Lipinski definition) is 9. The summed E-state index contributed by atoms with van der Waals surface area (Å²) >= 11 is 0. The summed E-state index contributed by atoms with van der Waals surface area (Å²) in [6.07, 6.45) is -2.86. The quantitative estimate of drug-likeness (QED) is 0.286. The number of hydrogen-bond donors (Lipinski definition) is 5. The number of halogens is 1. The average molecular weight is 498 g/mol. The first kappa shape index (κ1) is 25.2. The molecule has 0 bridgehead atoms. The van der Waals surface area contributed by atoms with Crippen LogP contribution in [0.1, 0.15) is 19.6 Å². The van der Waals surface area contributed by atoms with Crippen LogP contribution in [-0.4, -0.2) is 48.0 Å². The fourth-order valence-electron chi connectivity index (χ4n) is 2.68. The molecular weight excluding hydrogens is 480 g/mol. The highest BCUT2D eigenvalue weighted by Gasteiger charge is 2.44. The Morgan fingerprint density at radius 3 is 2.40 bits per heavy atom. The summed E-state index contributed by atoms with van der Waals surface area (Å²) in [6.45, 7) is 0.393. The van der Waals surface area contributed by atoms with Crippen molar-refractivity contribution < 1.29 is 55.5 Å². The molecule has 0 radical (unpaired) electrons. The van der Waals surface area contributed by atoms with Gasteiger partial charge in [-0.2, -0.15) is 8.62 Å². The predicted molar refractivity (Wildman–Crippen MR) is 93.7 cm³/mol. The minimum atomic E-state index is -5.68. The smallest absolute Gasteiger partial charge is 0.352 e. The molecule has 2 rings (SSSR count). The summed E-state index contributed by atoms with van der Waals surface area (Å²) < 4.78 is 65.6. The predicted octanol–water partition coefficient (Wildman–Crippen LogP) is 0.142. The minimum absolute atomic E-state index is 0.121. The standard InChI is InChI=1S/C11H18FN2O13P3/c1-6(12)8-4-7(25-10(8)14-3-2-9(15)13-11(14)16)5-24-29(20,21)27-30(22,23)26-28(17,18)19/h2-3,6-8,10H,4-5H2,1H3,(H,20,21)(H,22,23)(H,13,15,16)(H2,17,18,19)/t6-,7+,8-,10-/m1/s1. The van der Waals surface area contributed by atoms with E-state index in [1.807, 2.05) is 4.98 Å². The van der Waals surface area contributed by atoms with Gasteiger partial charge in [0.25, 0.3) is 5.56 Å². The van der Waals surface area contributed by atoms with E-state index in [0.717, 1.165) is 16.8 Å². The zero-order valence-corrected chi connectivity index (χ0v) is 17.7. The van der Waals surface area contributed by atoms with E-state index in [0.29, 0.717) is 0 Å². The lowest BCUT2D eigenvalue weighted by Gasteiger charge is -2.21. The topological polar surface area (TPSA) is 224 Å². The molecule has 30 heavy (non-hydrogen) atoms. The molecule has 1 aromatic heterocycles. The van der Waals surface area contributed by atoms with Crippen LogP contribution in [0.5, 0.6) is 0 Å². The Bertz CT molecular complexity index is 1020. The Balaban J connectivity index is 2.08. The molecule has 0 aliphatic carbocycles. The number of ether oxygens (including phenoxy) is 1. The fourth-order valence-corrected chi connectivity index (χ4v) is 5.72. The molecule has 1 aliphatic rings. The maximum Gasteiger partial charge on any atom is 0.490 e. The highest BCUT2D eigenvalue weighted by atomic mass is 31.3. The lowest BCUT2D eigenvalue weighted by atomic mass is 9.99. The number of aromatic nitrogens is 2. The second-order valence-electron chi connectivity index (χ2n) is 6.13. The first-order valence-corrected chi connectivity index (χ1v) is 12.5. The Kier molecular flexibility index (Phi) is 7.76. The number of phosphoric ester groups is 1. The van der Waals surface area contributed by atoms with Gasteiger partial charge in [0.1, 0.15) is 12.4 Å². The van der Waals surface area contributed by atoms with Gasteiger partial charge in [-0.1, -0.05) is 0 Å². The Morgan fingerprint density at radius 2 is 1.87 bits per heavy atom. The van der Waals surface area contributed by atoms with E-state index >= 15 is 0 Å². The van der Waals surface area contributed by atoms with Crippen molar-refractivity contribution in [1.29, 1.82) is 0 Å². The number of aromatic amines is 1. The number of nitrogens with zero attached hydrogens (tertiary/aromatic N) is 1. The Labute approximate surface area is 166 Å². The number of nitrogens with one attached hydrogen (secondary N) is 1. The molecule has 0 aromatic carbocycles. The molecule has 172 valence electrons. The summed E-state index contributed by atoms with van der Waals surface area (Å²) in [5, 5.41) is 0. The van der Waals surface area contributed by atoms with Gasteiger partial charge in [-0.15, -0.1) is 0 Å². The summed E-state index contributed by atoms with van der Waals surface area (Å²) in [6, 6.07) is 1.00. The second-order valence-corrected chi connectivity index (χ2v) is 10.5. The maximum absolute atomic E-state index is 14.0. The average Bonchev–Trinajstić information content (AvgIpc) is 2.94. The van der Waals surface area contributed by atoms with E-state index in [1.54, 1.807) is 0 Å².